The molecule has 0 aromatic heterocycles. The predicted octanol–water partition coefficient (Wildman–Crippen LogP) is -0.510. The zero-order valence-electron chi connectivity index (χ0n) is 7.57. The summed E-state index contributed by atoms with van der Waals surface area (Å²) in [5.41, 5.74) is 10.4. The quantitative estimate of drug-likeness (QED) is 0.646. The summed E-state index contributed by atoms with van der Waals surface area (Å²) in [6.07, 6.45) is 4.28. The second-order valence-corrected chi connectivity index (χ2v) is 5.22. The van der Waals surface area contributed by atoms with Crippen LogP contribution in [0.5, 0.6) is 0 Å². The van der Waals surface area contributed by atoms with E-state index in [1.54, 1.807) is 0 Å². The van der Waals surface area contributed by atoms with Crippen LogP contribution in [0.15, 0.2) is 0 Å². The average Bonchev–Trinajstić information content (AvgIpc) is 2.55. The molecule has 2 atom stereocenters. The molecule has 1 amide bonds. The van der Waals surface area contributed by atoms with E-state index in [-0.39, 0.29) is 11.0 Å². The maximum Gasteiger partial charge on any atom is 0.235 e. The van der Waals surface area contributed by atoms with Crippen LogP contribution >= 0.6 is 0 Å². The van der Waals surface area contributed by atoms with Crippen molar-refractivity contribution in [2.75, 3.05) is 5.75 Å². The van der Waals surface area contributed by atoms with Crippen molar-refractivity contribution in [2.45, 2.75) is 37.0 Å². The Morgan fingerprint density at radius 3 is 2.46 bits per heavy atom. The minimum atomic E-state index is -0.972. The van der Waals surface area contributed by atoms with Crippen LogP contribution in [0.25, 0.3) is 0 Å². The molecule has 0 saturated heterocycles. The summed E-state index contributed by atoms with van der Waals surface area (Å²) in [5, 5.41) is 0.241. The maximum absolute atomic E-state index is 11.6. The molecule has 1 aliphatic rings. The number of nitrogens with two attached hydrogens (primary N) is 2. The largest absolute Gasteiger partial charge is 0.368 e. The Labute approximate surface area is 80.5 Å². The van der Waals surface area contributed by atoms with Crippen molar-refractivity contribution in [1.82, 2.24) is 0 Å². The van der Waals surface area contributed by atoms with Gasteiger partial charge in [-0.25, -0.2) is 0 Å². The van der Waals surface area contributed by atoms with Gasteiger partial charge in [0, 0.05) is 21.8 Å². The number of hydrogen-bond donors (Lipinski definition) is 2. The first-order valence-corrected chi connectivity index (χ1v) is 5.91. The molecule has 4 N–H and O–H groups in total. The molecule has 0 aliphatic heterocycles. The molecular formula is C8H16N2O2S. The summed E-state index contributed by atoms with van der Waals surface area (Å²) in [4.78, 5) is 10.6. The van der Waals surface area contributed by atoms with Gasteiger partial charge in [0.05, 0.1) is 6.04 Å². The summed E-state index contributed by atoms with van der Waals surface area (Å²) in [6, 6.07) is -0.749. The molecule has 0 aromatic carbocycles. The van der Waals surface area contributed by atoms with Crippen LogP contribution in [-0.2, 0) is 15.6 Å². The highest BCUT2D eigenvalue weighted by molar-refractivity contribution is 7.85. The fourth-order valence-corrected chi connectivity index (χ4v) is 3.20. The summed E-state index contributed by atoms with van der Waals surface area (Å²) in [6.45, 7) is 0. The molecule has 5 heteroatoms. The number of carbonyl (C=O) groups excluding carboxylic acids is 1. The molecule has 1 fully saturated rings. The van der Waals surface area contributed by atoms with Crippen molar-refractivity contribution in [3.63, 3.8) is 0 Å². The molecule has 4 nitrogen and oxygen atoms in total. The molecular weight excluding hydrogens is 188 g/mol. The number of carbonyl (C=O) groups is 1. The lowest BCUT2D eigenvalue weighted by Crippen LogP contribution is -2.41. The topological polar surface area (TPSA) is 86.2 Å². The highest BCUT2D eigenvalue weighted by Gasteiger charge is 2.24. The fraction of sp³-hybridized carbons (Fsp3) is 0.875. The molecule has 13 heavy (non-hydrogen) atoms. The van der Waals surface area contributed by atoms with Gasteiger partial charge in [-0.15, -0.1) is 0 Å². The highest BCUT2D eigenvalue weighted by atomic mass is 32.2. The van der Waals surface area contributed by atoms with E-state index < -0.39 is 22.7 Å². The first-order valence-electron chi connectivity index (χ1n) is 4.53. The molecule has 2 unspecified atom stereocenters. The standard InChI is InChI=1S/C8H16N2O2S/c9-7(8(10)11)5-13(12)6-3-1-2-4-6/h6-7H,1-5,9H2,(H2,10,11). The highest BCUT2D eigenvalue weighted by Crippen LogP contribution is 2.22. The van der Waals surface area contributed by atoms with Crippen molar-refractivity contribution in [1.29, 1.82) is 0 Å². The first-order chi connectivity index (χ1) is 6.11. The van der Waals surface area contributed by atoms with Gasteiger partial charge >= 0.3 is 0 Å². The minimum absolute atomic E-state index is 0.222. The van der Waals surface area contributed by atoms with Gasteiger partial charge < -0.3 is 11.5 Å². The van der Waals surface area contributed by atoms with E-state index in [4.69, 9.17) is 11.5 Å². The lowest BCUT2D eigenvalue weighted by atomic mass is 10.3. The van der Waals surface area contributed by atoms with Crippen molar-refractivity contribution >= 4 is 16.7 Å². The van der Waals surface area contributed by atoms with E-state index in [1.165, 1.54) is 0 Å². The maximum atomic E-state index is 11.6. The lowest BCUT2D eigenvalue weighted by molar-refractivity contribution is -0.118. The summed E-state index contributed by atoms with van der Waals surface area (Å²) in [5.74, 6) is -0.341. The number of rotatable bonds is 4. The lowest BCUT2D eigenvalue weighted by Gasteiger charge is -2.11. The Balaban J connectivity index is 2.35. The molecule has 0 aromatic rings. The molecule has 0 bridgehead atoms. The Kier molecular flexibility index (Phi) is 3.87. The molecule has 0 spiro atoms. The van der Waals surface area contributed by atoms with Gasteiger partial charge in [-0.3, -0.25) is 9.00 Å². The Morgan fingerprint density at radius 1 is 1.46 bits per heavy atom. The van der Waals surface area contributed by atoms with Gasteiger partial charge in [0.1, 0.15) is 0 Å². The van der Waals surface area contributed by atoms with Crippen LogP contribution in [0.2, 0.25) is 0 Å². The van der Waals surface area contributed by atoms with Gasteiger partial charge in [-0.1, -0.05) is 12.8 Å². The van der Waals surface area contributed by atoms with Crippen molar-refractivity contribution in [2.24, 2.45) is 11.5 Å². The third-order valence-electron chi connectivity index (χ3n) is 2.38. The third kappa shape index (κ3) is 3.08. The molecule has 76 valence electrons. The molecule has 1 saturated carbocycles. The van der Waals surface area contributed by atoms with Crippen molar-refractivity contribution < 1.29 is 9.00 Å². The number of hydrogen-bond acceptors (Lipinski definition) is 3. The molecule has 0 radical (unpaired) electrons. The van der Waals surface area contributed by atoms with Gasteiger partial charge in [0.15, 0.2) is 0 Å². The van der Waals surface area contributed by atoms with Crippen LogP contribution in [0.4, 0.5) is 0 Å². The Morgan fingerprint density at radius 2 is 2.00 bits per heavy atom. The van der Waals surface area contributed by atoms with Crippen LogP contribution in [0, 0.1) is 0 Å². The molecule has 1 aliphatic carbocycles. The van der Waals surface area contributed by atoms with Gasteiger partial charge in [0.2, 0.25) is 5.91 Å². The SMILES string of the molecule is NC(=O)C(N)CS(=O)C1CCCC1. The van der Waals surface area contributed by atoms with Crippen LogP contribution in [-0.4, -0.2) is 27.2 Å². The van der Waals surface area contributed by atoms with E-state index in [1.807, 2.05) is 0 Å². The molecule has 0 heterocycles. The van der Waals surface area contributed by atoms with E-state index >= 15 is 0 Å². The van der Waals surface area contributed by atoms with Gasteiger partial charge in [-0.2, -0.15) is 0 Å². The zero-order valence-corrected chi connectivity index (χ0v) is 8.39. The first kappa shape index (κ1) is 10.7. The second kappa shape index (κ2) is 4.72. The zero-order chi connectivity index (χ0) is 9.84. The minimum Gasteiger partial charge on any atom is -0.368 e. The Hall–Kier alpha value is -0.420. The average molecular weight is 204 g/mol. The van der Waals surface area contributed by atoms with E-state index in [0.29, 0.717) is 0 Å². The van der Waals surface area contributed by atoms with E-state index in [2.05, 4.69) is 0 Å². The summed E-state index contributed by atoms with van der Waals surface area (Å²) >= 11 is 0. The third-order valence-corrected chi connectivity index (χ3v) is 4.29. The van der Waals surface area contributed by atoms with Gasteiger partial charge in [-0.05, 0) is 12.8 Å². The fourth-order valence-electron chi connectivity index (χ4n) is 1.55. The smallest absolute Gasteiger partial charge is 0.235 e. The monoisotopic (exact) mass is 204 g/mol. The second-order valence-electron chi connectivity index (χ2n) is 3.46. The normalized spacial score (nSPS) is 22.8. The number of primary amides is 1. The number of amides is 1. The summed E-state index contributed by atoms with van der Waals surface area (Å²) < 4.78 is 11.6. The van der Waals surface area contributed by atoms with Crippen molar-refractivity contribution in [3.8, 4) is 0 Å². The van der Waals surface area contributed by atoms with Crippen LogP contribution < -0.4 is 11.5 Å². The van der Waals surface area contributed by atoms with E-state index in [9.17, 15) is 9.00 Å². The molecule has 1 rings (SSSR count). The van der Waals surface area contributed by atoms with Crippen LogP contribution in [0.3, 0.4) is 0 Å². The Bertz CT molecular complexity index is 214. The van der Waals surface area contributed by atoms with Crippen molar-refractivity contribution in [3.05, 3.63) is 0 Å². The van der Waals surface area contributed by atoms with E-state index in [0.717, 1.165) is 25.7 Å². The van der Waals surface area contributed by atoms with Gasteiger partial charge in [0.25, 0.3) is 0 Å². The van der Waals surface area contributed by atoms with Crippen LogP contribution in [0.1, 0.15) is 25.7 Å². The predicted molar refractivity (Wildman–Crippen MR) is 52.4 cm³/mol. The summed E-state index contributed by atoms with van der Waals surface area (Å²) in [7, 11) is -0.972.